The van der Waals surface area contributed by atoms with Crippen LogP contribution in [0.25, 0.3) is 0 Å². The van der Waals surface area contributed by atoms with Gasteiger partial charge in [0.25, 0.3) is 0 Å². The molecule has 1 aromatic carbocycles. The van der Waals surface area contributed by atoms with Gasteiger partial charge in [0.05, 0.1) is 0 Å². The maximum atomic E-state index is 9.60. The first-order valence-electron chi connectivity index (χ1n) is 5.88. The Morgan fingerprint density at radius 3 is 2.75 bits per heavy atom. The number of hydrogen-bond acceptors (Lipinski definition) is 3. The van der Waals surface area contributed by atoms with E-state index in [0.717, 1.165) is 12.0 Å². The molecule has 0 saturated heterocycles. The quantitative estimate of drug-likeness (QED) is 0.650. The fraction of sp³-hybridized carbons (Fsp3) is 0.538. The number of unbranched alkanes of at least 4 members (excludes halogenated alkanes) is 1. The van der Waals surface area contributed by atoms with Crippen molar-refractivity contribution in [1.29, 1.82) is 0 Å². The lowest BCUT2D eigenvalue weighted by Crippen LogP contribution is -2.25. The van der Waals surface area contributed by atoms with Crippen LogP contribution in [0.1, 0.15) is 38.7 Å². The first-order chi connectivity index (χ1) is 7.65. The molecule has 1 unspecified atom stereocenters. The largest absolute Gasteiger partial charge is 0.504 e. The van der Waals surface area contributed by atoms with Crippen LogP contribution in [0, 0.1) is 0 Å². The molecule has 0 aliphatic rings. The third-order valence-corrected chi connectivity index (χ3v) is 2.73. The van der Waals surface area contributed by atoms with Gasteiger partial charge in [0.1, 0.15) is 0 Å². The summed E-state index contributed by atoms with van der Waals surface area (Å²) in [7, 11) is 0. The minimum absolute atomic E-state index is 0.0160. The predicted molar refractivity (Wildman–Crippen MR) is 65.6 cm³/mol. The van der Waals surface area contributed by atoms with Crippen molar-refractivity contribution in [3.8, 4) is 11.5 Å². The van der Waals surface area contributed by atoms with Crippen molar-refractivity contribution in [2.24, 2.45) is 0 Å². The van der Waals surface area contributed by atoms with E-state index in [1.54, 1.807) is 6.07 Å². The number of aromatic hydroxyl groups is 2. The van der Waals surface area contributed by atoms with Gasteiger partial charge in [-0.05, 0) is 19.4 Å². The highest BCUT2D eigenvalue weighted by Gasteiger charge is 2.07. The smallest absolute Gasteiger partial charge is 0.161 e. The summed E-state index contributed by atoms with van der Waals surface area (Å²) < 4.78 is 0. The van der Waals surface area contributed by atoms with Gasteiger partial charge in [-0.1, -0.05) is 31.9 Å². The number of hydrogen-bond donors (Lipinski definition) is 3. The Hall–Kier alpha value is -1.22. The van der Waals surface area contributed by atoms with Gasteiger partial charge in [0, 0.05) is 18.2 Å². The summed E-state index contributed by atoms with van der Waals surface area (Å²) in [5.74, 6) is -0.0711. The molecule has 1 rings (SSSR count). The van der Waals surface area contributed by atoms with E-state index >= 15 is 0 Å². The number of benzene rings is 1. The Kier molecular flexibility index (Phi) is 5.12. The summed E-state index contributed by atoms with van der Waals surface area (Å²) in [6.07, 6.45) is 3.54. The molecule has 0 aliphatic carbocycles. The Bertz CT molecular complexity index is 326. The van der Waals surface area contributed by atoms with Crippen LogP contribution in [0.3, 0.4) is 0 Å². The van der Waals surface area contributed by atoms with Crippen LogP contribution in [0.4, 0.5) is 0 Å². The molecule has 3 N–H and O–H groups in total. The molecule has 1 aromatic rings. The van der Waals surface area contributed by atoms with Crippen molar-refractivity contribution < 1.29 is 10.2 Å². The zero-order valence-corrected chi connectivity index (χ0v) is 10.0. The van der Waals surface area contributed by atoms with E-state index in [1.165, 1.54) is 18.9 Å². The second kappa shape index (κ2) is 6.38. The van der Waals surface area contributed by atoms with Crippen LogP contribution in [0.15, 0.2) is 18.2 Å². The van der Waals surface area contributed by atoms with Gasteiger partial charge in [-0.3, -0.25) is 0 Å². The molecular weight excluding hydrogens is 202 g/mol. The Balaban J connectivity index is 2.45. The van der Waals surface area contributed by atoms with E-state index in [2.05, 4.69) is 19.2 Å². The summed E-state index contributed by atoms with van der Waals surface area (Å²) in [5.41, 5.74) is 0.739. The molecular formula is C13H21NO2. The number of phenols is 2. The Labute approximate surface area is 97.1 Å². The highest BCUT2D eigenvalue weighted by atomic mass is 16.3. The van der Waals surface area contributed by atoms with Crippen LogP contribution in [0.5, 0.6) is 11.5 Å². The Morgan fingerprint density at radius 1 is 1.31 bits per heavy atom. The summed E-state index contributed by atoms with van der Waals surface area (Å²) in [6, 6.07) is 5.47. The lowest BCUT2D eigenvalue weighted by Gasteiger charge is -2.14. The lowest BCUT2D eigenvalue weighted by molar-refractivity contribution is 0.395. The molecule has 16 heavy (non-hydrogen) atoms. The van der Waals surface area contributed by atoms with Crippen LogP contribution in [-0.2, 0) is 6.54 Å². The number of rotatable bonds is 6. The van der Waals surface area contributed by atoms with Gasteiger partial charge in [-0.2, -0.15) is 0 Å². The van der Waals surface area contributed by atoms with Crippen molar-refractivity contribution in [2.75, 3.05) is 0 Å². The van der Waals surface area contributed by atoms with E-state index in [0.29, 0.717) is 12.6 Å². The van der Waals surface area contributed by atoms with E-state index in [1.807, 2.05) is 6.07 Å². The van der Waals surface area contributed by atoms with Crippen molar-refractivity contribution >= 4 is 0 Å². The molecule has 0 fully saturated rings. The summed E-state index contributed by atoms with van der Waals surface area (Å²) in [5, 5.41) is 22.3. The fourth-order valence-electron chi connectivity index (χ4n) is 1.62. The maximum absolute atomic E-state index is 9.60. The molecule has 0 saturated carbocycles. The van der Waals surface area contributed by atoms with Crippen molar-refractivity contribution in [3.63, 3.8) is 0 Å². The fourth-order valence-corrected chi connectivity index (χ4v) is 1.62. The summed E-state index contributed by atoms with van der Waals surface area (Å²) >= 11 is 0. The molecule has 3 nitrogen and oxygen atoms in total. The Morgan fingerprint density at radius 2 is 2.06 bits per heavy atom. The zero-order valence-electron chi connectivity index (χ0n) is 10.0. The standard InChI is InChI=1S/C13H21NO2/c1-3-4-6-10(2)14-9-11-7-5-8-12(15)13(11)16/h5,7-8,10,14-16H,3-4,6,9H2,1-2H3. The van der Waals surface area contributed by atoms with E-state index in [-0.39, 0.29) is 11.5 Å². The molecule has 0 amide bonds. The monoisotopic (exact) mass is 223 g/mol. The van der Waals surface area contributed by atoms with Crippen molar-refractivity contribution in [2.45, 2.75) is 45.7 Å². The minimum atomic E-state index is -0.0551. The van der Waals surface area contributed by atoms with Gasteiger partial charge in [0.2, 0.25) is 0 Å². The normalized spacial score (nSPS) is 12.6. The van der Waals surface area contributed by atoms with Gasteiger partial charge >= 0.3 is 0 Å². The van der Waals surface area contributed by atoms with Gasteiger partial charge in [-0.25, -0.2) is 0 Å². The number of nitrogens with one attached hydrogen (secondary N) is 1. The minimum Gasteiger partial charge on any atom is -0.504 e. The third kappa shape index (κ3) is 3.74. The molecule has 90 valence electrons. The zero-order chi connectivity index (χ0) is 12.0. The highest BCUT2D eigenvalue weighted by molar-refractivity contribution is 5.44. The molecule has 0 aliphatic heterocycles. The van der Waals surface area contributed by atoms with Gasteiger partial charge in [0.15, 0.2) is 11.5 Å². The molecule has 3 heteroatoms. The average molecular weight is 223 g/mol. The molecule has 0 radical (unpaired) electrons. The van der Waals surface area contributed by atoms with Crippen LogP contribution < -0.4 is 5.32 Å². The molecule has 1 atom stereocenters. The van der Waals surface area contributed by atoms with Crippen molar-refractivity contribution in [3.05, 3.63) is 23.8 Å². The van der Waals surface area contributed by atoms with Crippen molar-refractivity contribution in [1.82, 2.24) is 5.32 Å². The number of phenolic OH excluding ortho intramolecular Hbond substituents is 2. The predicted octanol–water partition coefficient (Wildman–Crippen LogP) is 2.77. The molecule has 0 heterocycles. The van der Waals surface area contributed by atoms with Gasteiger partial charge < -0.3 is 15.5 Å². The van der Waals surface area contributed by atoms with E-state index in [9.17, 15) is 10.2 Å². The lowest BCUT2D eigenvalue weighted by atomic mass is 10.1. The molecule has 0 bridgehead atoms. The molecule has 0 spiro atoms. The van der Waals surface area contributed by atoms with E-state index in [4.69, 9.17) is 0 Å². The summed E-state index contributed by atoms with van der Waals surface area (Å²) in [6.45, 7) is 4.90. The topological polar surface area (TPSA) is 52.5 Å². The SMILES string of the molecule is CCCCC(C)NCc1cccc(O)c1O. The first-order valence-corrected chi connectivity index (χ1v) is 5.88. The van der Waals surface area contributed by atoms with Gasteiger partial charge in [-0.15, -0.1) is 0 Å². The molecule has 0 aromatic heterocycles. The number of para-hydroxylation sites is 1. The van der Waals surface area contributed by atoms with Crippen LogP contribution in [0.2, 0.25) is 0 Å². The third-order valence-electron chi connectivity index (χ3n) is 2.73. The van der Waals surface area contributed by atoms with Crippen LogP contribution in [-0.4, -0.2) is 16.3 Å². The summed E-state index contributed by atoms with van der Waals surface area (Å²) in [4.78, 5) is 0. The van der Waals surface area contributed by atoms with Crippen LogP contribution >= 0.6 is 0 Å². The second-order valence-corrected chi connectivity index (χ2v) is 4.21. The maximum Gasteiger partial charge on any atom is 0.161 e. The van der Waals surface area contributed by atoms with E-state index < -0.39 is 0 Å². The first kappa shape index (κ1) is 12.8. The second-order valence-electron chi connectivity index (χ2n) is 4.21. The average Bonchev–Trinajstić information content (AvgIpc) is 2.28. The highest BCUT2D eigenvalue weighted by Crippen LogP contribution is 2.27.